The van der Waals surface area contributed by atoms with Gasteiger partial charge in [-0.1, -0.05) is 24.7 Å². The Hall–Kier alpha value is -2.25. The monoisotopic (exact) mass is 452 g/mol. The SMILES string of the molecule is CC1(C)OC2C(C#CC3CCCCN3)OC(n3cnc4c(NC5CCCC5)ncnc43)C2O1. The van der Waals surface area contributed by atoms with Gasteiger partial charge in [-0.05, 0) is 52.5 Å². The molecule has 2 N–H and O–H groups in total. The number of rotatable bonds is 3. The molecule has 1 saturated carbocycles. The van der Waals surface area contributed by atoms with E-state index in [9.17, 15) is 0 Å². The fourth-order valence-electron chi connectivity index (χ4n) is 5.48. The van der Waals surface area contributed by atoms with Crippen LogP contribution in [0.2, 0.25) is 0 Å². The van der Waals surface area contributed by atoms with Gasteiger partial charge in [-0.25, -0.2) is 15.0 Å². The van der Waals surface area contributed by atoms with Crippen molar-refractivity contribution in [2.24, 2.45) is 0 Å². The first-order valence-corrected chi connectivity index (χ1v) is 12.3. The normalized spacial score (nSPS) is 33.7. The minimum atomic E-state index is -0.694. The van der Waals surface area contributed by atoms with Gasteiger partial charge in [-0.2, -0.15) is 0 Å². The van der Waals surface area contributed by atoms with Gasteiger partial charge in [0.05, 0.1) is 12.4 Å². The smallest absolute Gasteiger partial charge is 0.167 e. The largest absolute Gasteiger partial charge is 0.365 e. The van der Waals surface area contributed by atoms with Crippen molar-refractivity contribution in [1.82, 2.24) is 24.8 Å². The van der Waals surface area contributed by atoms with Crippen molar-refractivity contribution < 1.29 is 14.2 Å². The molecule has 6 rings (SSSR count). The standard InChI is InChI=1S/C24H32N6O3/c1-24(2)32-19-17(11-10-15-7-5-6-12-25-15)31-23(20(19)33-24)30-14-28-18-21(26-13-27-22(18)30)29-16-8-3-4-9-16/h13-17,19-20,23,25H,3-9,12H2,1-2H3,(H,26,27,29). The summed E-state index contributed by atoms with van der Waals surface area (Å²) in [5.74, 6) is 6.80. The molecule has 33 heavy (non-hydrogen) atoms. The summed E-state index contributed by atoms with van der Waals surface area (Å²) >= 11 is 0. The molecule has 9 nitrogen and oxygen atoms in total. The van der Waals surface area contributed by atoms with Gasteiger partial charge in [0, 0.05) is 6.04 Å². The molecule has 0 spiro atoms. The van der Waals surface area contributed by atoms with Crippen molar-refractivity contribution in [1.29, 1.82) is 0 Å². The van der Waals surface area contributed by atoms with E-state index in [1.807, 2.05) is 18.4 Å². The first-order valence-electron chi connectivity index (χ1n) is 12.3. The van der Waals surface area contributed by atoms with Gasteiger partial charge in [-0.15, -0.1) is 0 Å². The number of hydrogen-bond acceptors (Lipinski definition) is 8. The molecule has 4 fully saturated rings. The summed E-state index contributed by atoms with van der Waals surface area (Å²) in [4.78, 5) is 13.7. The maximum Gasteiger partial charge on any atom is 0.167 e. The zero-order chi connectivity index (χ0) is 22.4. The predicted octanol–water partition coefficient (Wildman–Crippen LogP) is 2.74. The highest BCUT2D eigenvalue weighted by molar-refractivity contribution is 5.82. The second-order valence-corrected chi connectivity index (χ2v) is 9.98. The first-order chi connectivity index (χ1) is 16.1. The molecule has 9 heteroatoms. The molecule has 5 atom stereocenters. The third-order valence-corrected chi connectivity index (χ3v) is 7.07. The van der Waals surface area contributed by atoms with Crippen LogP contribution in [0.1, 0.15) is 65.0 Å². The van der Waals surface area contributed by atoms with Crippen molar-refractivity contribution in [2.45, 2.75) is 101 Å². The molecule has 1 aliphatic carbocycles. The molecule has 4 aliphatic rings. The molecule has 0 bridgehead atoms. The molecule has 2 aromatic rings. The van der Waals surface area contributed by atoms with Crippen molar-refractivity contribution in [3.63, 3.8) is 0 Å². The number of hydrogen-bond donors (Lipinski definition) is 2. The van der Waals surface area contributed by atoms with Gasteiger partial charge in [0.2, 0.25) is 0 Å². The van der Waals surface area contributed by atoms with Crippen molar-refractivity contribution >= 4 is 17.0 Å². The lowest BCUT2D eigenvalue weighted by Gasteiger charge is -2.23. The summed E-state index contributed by atoms with van der Waals surface area (Å²) < 4.78 is 20.9. The Labute approximate surface area is 194 Å². The summed E-state index contributed by atoms with van der Waals surface area (Å²) in [5.41, 5.74) is 1.48. The van der Waals surface area contributed by atoms with E-state index in [2.05, 4.69) is 37.4 Å². The minimum Gasteiger partial charge on any atom is -0.365 e. The van der Waals surface area contributed by atoms with Crippen LogP contribution in [0.15, 0.2) is 12.7 Å². The van der Waals surface area contributed by atoms with E-state index in [-0.39, 0.29) is 24.4 Å². The van der Waals surface area contributed by atoms with Gasteiger partial charge < -0.3 is 24.8 Å². The van der Waals surface area contributed by atoms with Gasteiger partial charge >= 0.3 is 0 Å². The van der Waals surface area contributed by atoms with Crippen LogP contribution in [0.3, 0.4) is 0 Å². The molecule has 2 aromatic heterocycles. The quantitative estimate of drug-likeness (QED) is 0.687. The lowest BCUT2D eigenvalue weighted by molar-refractivity contribution is -0.190. The number of nitrogens with zero attached hydrogens (tertiary/aromatic N) is 4. The van der Waals surface area contributed by atoms with Crippen LogP contribution in [0.25, 0.3) is 11.2 Å². The van der Waals surface area contributed by atoms with Crippen LogP contribution >= 0.6 is 0 Å². The van der Waals surface area contributed by atoms with E-state index < -0.39 is 12.0 Å². The predicted molar refractivity (Wildman–Crippen MR) is 122 cm³/mol. The van der Waals surface area contributed by atoms with Crippen molar-refractivity contribution in [3.05, 3.63) is 12.7 Å². The first kappa shape index (κ1) is 21.3. The molecular weight excluding hydrogens is 420 g/mol. The number of imidazole rings is 1. The van der Waals surface area contributed by atoms with E-state index in [4.69, 9.17) is 14.2 Å². The van der Waals surface area contributed by atoms with Gasteiger partial charge in [0.15, 0.2) is 29.0 Å². The molecule has 5 heterocycles. The number of ether oxygens (including phenoxy) is 3. The maximum atomic E-state index is 6.43. The third-order valence-electron chi connectivity index (χ3n) is 7.07. The van der Waals surface area contributed by atoms with Crippen LogP contribution in [0, 0.1) is 11.8 Å². The van der Waals surface area contributed by atoms with Crippen molar-refractivity contribution in [2.75, 3.05) is 11.9 Å². The Kier molecular flexibility index (Phi) is 5.49. The van der Waals surface area contributed by atoms with Crippen LogP contribution in [-0.4, -0.2) is 62.2 Å². The van der Waals surface area contributed by atoms with Crippen LogP contribution < -0.4 is 10.6 Å². The molecule has 3 aliphatic heterocycles. The fraction of sp³-hybridized carbons (Fsp3) is 0.708. The Morgan fingerprint density at radius 3 is 2.67 bits per heavy atom. The van der Waals surface area contributed by atoms with E-state index in [1.54, 1.807) is 12.7 Å². The third kappa shape index (κ3) is 4.10. The molecule has 0 radical (unpaired) electrons. The second-order valence-electron chi connectivity index (χ2n) is 9.98. The minimum absolute atomic E-state index is 0.209. The molecular formula is C24H32N6O3. The Morgan fingerprint density at radius 1 is 1.03 bits per heavy atom. The molecule has 5 unspecified atom stereocenters. The molecule has 0 aromatic carbocycles. The highest BCUT2D eigenvalue weighted by atomic mass is 16.8. The zero-order valence-corrected chi connectivity index (χ0v) is 19.3. The number of piperidine rings is 1. The summed E-state index contributed by atoms with van der Waals surface area (Å²) in [6.45, 7) is 4.89. The van der Waals surface area contributed by atoms with Crippen LogP contribution in [0.4, 0.5) is 5.82 Å². The van der Waals surface area contributed by atoms with E-state index in [0.29, 0.717) is 6.04 Å². The Bertz CT molecular complexity index is 1060. The zero-order valence-electron chi connectivity index (χ0n) is 19.3. The summed E-state index contributed by atoms with van der Waals surface area (Å²) in [6, 6.07) is 0.655. The number of anilines is 1. The van der Waals surface area contributed by atoms with Gasteiger partial charge in [0.1, 0.15) is 24.6 Å². The topological polar surface area (TPSA) is 95.4 Å². The van der Waals surface area contributed by atoms with E-state index >= 15 is 0 Å². The average Bonchev–Trinajstić information content (AvgIpc) is 3.58. The summed E-state index contributed by atoms with van der Waals surface area (Å²) in [5, 5.41) is 7.04. The van der Waals surface area contributed by atoms with Crippen LogP contribution in [0.5, 0.6) is 0 Å². The summed E-state index contributed by atoms with van der Waals surface area (Å²) in [6.07, 6.45) is 10.3. The van der Waals surface area contributed by atoms with Crippen molar-refractivity contribution in [3.8, 4) is 11.8 Å². The Balaban J connectivity index is 1.29. The van der Waals surface area contributed by atoms with Gasteiger partial charge in [-0.3, -0.25) is 4.57 Å². The molecule has 3 saturated heterocycles. The second kappa shape index (κ2) is 8.51. The van der Waals surface area contributed by atoms with E-state index in [1.165, 1.54) is 25.7 Å². The Morgan fingerprint density at radius 2 is 1.85 bits per heavy atom. The van der Waals surface area contributed by atoms with Crippen LogP contribution in [-0.2, 0) is 14.2 Å². The number of nitrogens with one attached hydrogen (secondary N) is 2. The fourth-order valence-corrected chi connectivity index (χ4v) is 5.48. The highest BCUT2D eigenvalue weighted by Gasteiger charge is 2.56. The van der Waals surface area contributed by atoms with E-state index in [0.717, 1.165) is 42.8 Å². The average molecular weight is 453 g/mol. The number of aromatic nitrogens is 4. The van der Waals surface area contributed by atoms with Gasteiger partial charge in [0.25, 0.3) is 0 Å². The number of fused-ring (bicyclic) bond motifs is 2. The highest BCUT2D eigenvalue weighted by Crippen LogP contribution is 2.43. The lowest BCUT2D eigenvalue weighted by Crippen LogP contribution is -2.33. The maximum absolute atomic E-state index is 6.43. The molecule has 176 valence electrons. The lowest BCUT2D eigenvalue weighted by atomic mass is 10.0. The summed E-state index contributed by atoms with van der Waals surface area (Å²) in [7, 11) is 0. The molecule has 0 amide bonds.